The third kappa shape index (κ3) is 6.66. The number of benzene rings is 3. The number of nitriles is 1. The second kappa shape index (κ2) is 11.3. The van der Waals surface area contributed by atoms with Crippen molar-refractivity contribution >= 4 is 40.9 Å². The summed E-state index contributed by atoms with van der Waals surface area (Å²) in [5.41, 5.74) is 1.81. The van der Waals surface area contributed by atoms with Gasteiger partial charge in [0.05, 0.1) is 16.7 Å². The Labute approximate surface area is 201 Å². The summed E-state index contributed by atoms with van der Waals surface area (Å²) < 4.78 is 11.6. The molecular formula is C25H20Cl2N2O4. The summed E-state index contributed by atoms with van der Waals surface area (Å²) in [7, 11) is 0. The molecule has 168 valence electrons. The molecule has 3 aromatic carbocycles. The molecule has 8 heteroatoms. The van der Waals surface area contributed by atoms with Gasteiger partial charge < -0.3 is 19.9 Å². The summed E-state index contributed by atoms with van der Waals surface area (Å²) in [5, 5.41) is 22.3. The molecule has 0 saturated heterocycles. The van der Waals surface area contributed by atoms with Gasteiger partial charge in [0.15, 0.2) is 11.5 Å². The number of nitrogens with zero attached hydrogens (tertiary/aromatic N) is 1. The second-order valence-corrected chi connectivity index (χ2v) is 7.66. The van der Waals surface area contributed by atoms with Crippen LogP contribution in [0.5, 0.6) is 17.2 Å². The van der Waals surface area contributed by atoms with Crippen molar-refractivity contribution in [2.75, 3.05) is 11.9 Å². The lowest BCUT2D eigenvalue weighted by Gasteiger charge is -2.13. The summed E-state index contributed by atoms with van der Waals surface area (Å²) in [4.78, 5) is 12.5. The molecule has 6 nitrogen and oxygen atoms in total. The number of ether oxygens (including phenoxy) is 2. The maximum absolute atomic E-state index is 12.5. The van der Waals surface area contributed by atoms with E-state index in [1.54, 1.807) is 30.3 Å². The molecule has 0 aliphatic heterocycles. The Bertz CT molecular complexity index is 1220. The van der Waals surface area contributed by atoms with Gasteiger partial charge >= 0.3 is 0 Å². The molecule has 1 amide bonds. The van der Waals surface area contributed by atoms with Gasteiger partial charge in [-0.1, -0.05) is 35.3 Å². The van der Waals surface area contributed by atoms with Crippen LogP contribution in [0.4, 0.5) is 5.69 Å². The minimum absolute atomic E-state index is 0.0777. The molecule has 2 N–H and O–H groups in total. The highest BCUT2D eigenvalue weighted by Gasteiger charge is 2.12. The number of hydrogen-bond acceptors (Lipinski definition) is 5. The van der Waals surface area contributed by atoms with Gasteiger partial charge in [0.25, 0.3) is 5.91 Å². The van der Waals surface area contributed by atoms with Crippen LogP contribution in [-0.4, -0.2) is 17.6 Å². The van der Waals surface area contributed by atoms with Crippen molar-refractivity contribution in [3.05, 3.63) is 87.4 Å². The molecule has 3 aromatic rings. The number of anilines is 1. The van der Waals surface area contributed by atoms with E-state index in [-0.39, 0.29) is 17.9 Å². The van der Waals surface area contributed by atoms with Crippen molar-refractivity contribution in [3.63, 3.8) is 0 Å². The molecule has 0 bridgehead atoms. The molecule has 0 radical (unpaired) electrons. The van der Waals surface area contributed by atoms with Crippen LogP contribution in [-0.2, 0) is 11.4 Å². The number of halogens is 2. The van der Waals surface area contributed by atoms with Crippen molar-refractivity contribution in [1.29, 1.82) is 5.26 Å². The van der Waals surface area contributed by atoms with E-state index in [9.17, 15) is 15.2 Å². The number of carbonyl (C=O) groups excluding carboxylic acids is 1. The maximum atomic E-state index is 12.5. The number of hydrogen-bond donors (Lipinski definition) is 2. The Morgan fingerprint density at radius 2 is 1.79 bits per heavy atom. The smallest absolute Gasteiger partial charge is 0.266 e. The number of amides is 1. The van der Waals surface area contributed by atoms with E-state index in [0.29, 0.717) is 39.4 Å². The van der Waals surface area contributed by atoms with Crippen molar-refractivity contribution in [3.8, 4) is 23.3 Å². The number of nitrogens with one attached hydrogen (secondary N) is 1. The first-order valence-electron chi connectivity index (χ1n) is 9.95. The highest BCUT2D eigenvalue weighted by Crippen LogP contribution is 2.31. The van der Waals surface area contributed by atoms with E-state index in [1.807, 2.05) is 19.1 Å². The standard InChI is InChI=1S/C25H20Cl2N2O4/c1-2-32-24-13-16(4-10-23(24)33-15-17-3-9-21(26)22(27)12-17)11-18(14-28)25(31)29-19-5-7-20(30)8-6-19/h3-13,30H,2,15H2,1H3,(H,29,31). The Morgan fingerprint density at radius 1 is 1.03 bits per heavy atom. The van der Waals surface area contributed by atoms with Crippen LogP contribution in [0.15, 0.2) is 66.2 Å². The van der Waals surface area contributed by atoms with Gasteiger partial charge in [0.1, 0.15) is 24.0 Å². The van der Waals surface area contributed by atoms with E-state index in [1.165, 1.54) is 30.3 Å². The summed E-state index contributed by atoms with van der Waals surface area (Å²) in [6, 6.07) is 18.2. The average Bonchev–Trinajstić information content (AvgIpc) is 2.80. The predicted molar refractivity (Wildman–Crippen MR) is 129 cm³/mol. The van der Waals surface area contributed by atoms with Crippen molar-refractivity contribution in [2.24, 2.45) is 0 Å². The summed E-state index contributed by atoms with van der Waals surface area (Å²) in [6.45, 7) is 2.50. The Balaban J connectivity index is 1.77. The zero-order valence-electron chi connectivity index (χ0n) is 17.6. The van der Waals surface area contributed by atoms with Crippen molar-refractivity contribution < 1.29 is 19.4 Å². The zero-order valence-corrected chi connectivity index (χ0v) is 19.2. The third-order valence-electron chi connectivity index (χ3n) is 4.45. The molecule has 0 fully saturated rings. The van der Waals surface area contributed by atoms with E-state index < -0.39 is 5.91 Å². The Kier molecular flexibility index (Phi) is 8.20. The highest BCUT2D eigenvalue weighted by molar-refractivity contribution is 6.42. The molecule has 0 unspecified atom stereocenters. The fraction of sp³-hybridized carbons (Fsp3) is 0.120. The molecule has 0 aliphatic rings. The van der Waals surface area contributed by atoms with Crippen molar-refractivity contribution in [2.45, 2.75) is 13.5 Å². The lowest BCUT2D eigenvalue weighted by Crippen LogP contribution is -2.13. The van der Waals surface area contributed by atoms with Gasteiger partial charge in [0.2, 0.25) is 0 Å². The fourth-order valence-corrected chi connectivity index (χ4v) is 3.17. The zero-order chi connectivity index (χ0) is 23.8. The van der Waals surface area contributed by atoms with Gasteiger partial charge in [-0.15, -0.1) is 0 Å². The van der Waals surface area contributed by atoms with Gasteiger partial charge in [0, 0.05) is 5.69 Å². The van der Waals surface area contributed by atoms with E-state index in [4.69, 9.17) is 32.7 Å². The molecule has 0 aliphatic carbocycles. The van der Waals surface area contributed by atoms with Crippen LogP contribution in [0, 0.1) is 11.3 Å². The Morgan fingerprint density at radius 3 is 2.45 bits per heavy atom. The van der Waals surface area contributed by atoms with Gasteiger partial charge in [-0.3, -0.25) is 4.79 Å². The summed E-state index contributed by atoms with van der Waals surface area (Å²) >= 11 is 12.0. The summed E-state index contributed by atoms with van der Waals surface area (Å²) in [6.07, 6.45) is 1.46. The molecule has 3 rings (SSSR count). The first kappa shape index (κ1) is 24.0. The minimum Gasteiger partial charge on any atom is -0.508 e. The fourth-order valence-electron chi connectivity index (χ4n) is 2.85. The monoisotopic (exact) mass is 482 g/mol. The predicted octanol–water partition coefficient (Wildman–Crippen LogP) is 6.22. The molecule has 0 aromatic heterocycles. The van der Waals surface area contributed by atoms with Crippen LogP contribution in [0.2, 0.25) is 10.0 Å². The van der Waals surface area contributed by atoms with E-state index in [2.05, 4.69) is 5.32 Å². The molecule has 0 atom stereocenters. The van der Waals surface area contributed by atoms with E-state index in [0.717, 1.165) is 5.56 Å². The van der Waals surface area contributed by atoms with Crippen molar-refractivity contribution in [1.82, 2.24) is 0 Å². The number of rotatable bonds is 8. The Hall–Kier alpha value is -3.66. The SMILES string of the molecule is CCOc1cc(C=C(C#N)C(=O)Nc2ccc(O)cc2)ccc1OCc1ccc(Cl)c(Cl)c1. The normalized spacial score (nSPS) is 10.9. The van der Waals surface area contributed by atoms with Crippen LogP contribution in [0.25, 0.3) is 6.08 Å². The molecule has 33 heavy (non-hydrogen) atoms. The van der Waals surface area contributed by atoms with Crippen LogP contribution in [0.3, 0.4) is 0 Å². The first-order chi connectivity index (χ1) is 15.9. The molecule has 0 heterocycles. The topological polar surface area (TPSA) is 91.6 Å². The highest BCUT2D eigenvalue weighted by atomic mass is 35.5. The van der Waals surface area contributed by atoms with Gasteiger partial charge in [-0.2, -0.15) is 5.26 Å². The lowest BCUT2D eigenvalue weighted by molar-refractivity contribution is -0.112. The number of aromatic hydroxyl groups is 1. The quantitative estimate of drug-likeness (QED) is 0.225. The maximum Gasteiger partial charge on any atom is 0.266 e. The van der Waals surface area contributed by atoms with Crippen LogP contribution in [0.1, 0.15) is 18.1 Å². The second-order valence-electron chi connectivity index (χ2n) is 6.85. The van der Waals surface area contributed by atoms with Gasteiger partial charge in [-0.05, 0) is 72.7 Å². The molecule has 0 saturated carbocycles. The average molecular weight is 483 g/mol. The van der Waals surface area contributed by atoms with E-state index >= 15 is 0 Å². The number of carbonyl (C=O) groups is 1. The minimum atomic E-state index is -0.568. The lowest BCUT2D eigenvalue weighted by atomic mass is 10.1. The van der Waals surface area contributed by atoms with Crippen LogP contribution >= 0.6 is 23.2 Å². The number of phenols is 1. The summed E-state index contributed by atoms with van der Waals surface area (Å²) in [5.74, 6) is 0.490. The van der Waals surface area contributed by atoms with Gasteiger partial charge in [-0.25, -0.2) is 0 Å². The first-order valence-corrected chi connectivity index (χ1v) is 10.7. The number of phenolic OH excluding ortho intramolecular Hbond substituents is 1. The molecular weight excluding hydrogens is 463 g/mol. The third-order valence-corrected chi connectivity index (χ3v) is 5.19. The van der Waals surface area contributed by atoms with Crippen LogP contribution < -0.4 is 14.8 Å². The largest absolute Gasteiger partial charge is 0.508 e. The molecule has 0 spiro atoms.